The van der Waals surface area contributed by atoms with E-state index in [0.29, 0.717) is 25.6 Å². The fourth-order valence-corrected chi connectivity index (χ4v) is 2.65. The minimum atomic E-state index is -0.559. The smallest absolute Gasteiger partial charge is 0.307 e. The summed E-state index contributed by atoms with van der Waals surface area (Å²) in [7, 11) is 2.96. The number of carbonyl (C=O) groups is 1. The predicted molar refractivity (Wildman–Crippen MR) is 88.1 cm³/mol. The van der Waals surface area contributed by atoms with E-state index in [2.05, 4.69) is 20.4 Å². The molecule has 1 heterocycles. The largest absolute Gasteiger partial charge is 0.469 e. The highest BCUT2D eigenvalue weighted by Crippen LogP contribution is 2.26. The molecule has 1 aromatic rings. The van der Waals surface area contributed by atoms with Crippen molar-refractivity contribution in [3.05, 3.63) is 29.8 Å². The van der Waals surface area contributed by atoms with Crippen molar-refractivity contribution >= 4 is 17.6 Å². The quantitative estimate of drug-likeness (QED) is 0.480. The van der Waals surface area contributed by atoms with Crippen molar-refractivity contribution in [2.24, 2.45) is 4.99 Å². The monoisotopic (exact) mass is 340 g/mol. The van der Waals surface area contributed by atoms with Gasteiger partial charge < -0.3 is 20.3 Å². The molecule has 1 aromatic carbocycles. The summed E-state index contributed by atoms with van der Waals surface area (Å²) in [4.78, 5) is 16.9. The molecule has 0 spiro atoms. The van der Waals surface area contributed by atoms with Gasteiger partial charge in [0, 0.05) is 32.7 Å². The lowest BCUT2D eigenvalue weighted by Gasteiger charge is -2.21. The lowest BCUT2D eigenvalue weighted by molar-refractivity contribution is -0.140. The van der Waals surface area contributed by atoms with E-state index in [4.69, 9.17) is 0 Å². The summed E-state index contributed by atoms with van der Waals surface area (Å²) in [5.74, 6) is -0.882. The number of hydrogen-bond donors (Lipinski definition) is 2. The van der Waals surface area contributed by atoms with Gasteiger partial charge in [0.1, 0.15) is 17.3 Å². The number of ether oxygens (including phenoxy) is 1. The van der Waals surface area contributed by atoms with E-state index in [1.807, 2.05) is 0 Å². The molecule has 1 aliphatic rings. The molecule has 0 aromatic heterocycles. The Morgan fingerprint density at radius 2 is 2.12 bits per heavy atom. The second kappa shape index (κ2) is 8.47. The minimum Gasteiger partial charge on any atom is -0.469 e. The maximum absolute atomic E-state index is 13.9. The fraction of sp³-hybridized carbons (Fsp3) is 0.500. The lowest BCUT2D eigenvalue weighted by atomic mass is 10.2. The van der Waals surface area contributed by atoms with E-state index in [1.54, 1.807) is 11.9 Å². The first kappa shape index (κ1) is 18.0. The van der Waals surface area contributed by atoms with Crippen LogP contribution in [0.5, 0.6) is 0 Å². The number of hydrogen-bond acceptors (Lipinski definition) is 4. The molecule has 0 amide bonds. The van der Waals surface area contributed by atoms with Crippen molar-refractivity contribution in [3.63, 3.8) is 0 Å². The Hall–Kier alpha value is -2.38. The Bertz CT molecular complexity index is 589. The third-order valence-corrected chi connectivity index (χ3v) is 3.86. The number of methoxy groups -OCH3 is 1. The van der Waals surface area contributed by atoms with Crippen molar-refractivity contribution < 1.29 is 18.3 Å². The third-order valence-electron chi connectivity index (χ3n) is 3.86. The summed E-state index contributed by atoms with van der Waals surface area (Å²) < 4.78 is 32.3. The number of nitrogens with zero attached hydrogens (tertiary/aromatic N) is 2. The second-order valence-electron chi connectivity index (χ2n) is 5.47. The molecule has 8 heteroatoms. The second-order valence-corrected chi connectivity index (χ2v) is 5.47. The molecule has 2 rings (SSSR count). The molecule has 1 fully saturated rings. The summed E-state index contributed by atoms with van der Waals surface area (Å²) in [5.41, 5.74) is 0.00966. The van der Waals surface area contributed by atoms with E-state index >= 15 is 0 Å². The number of para-hydroxylation sites is 1. The molecule has 0 radical (unpaired) electrons. The van der Waals surface area contributed by atoms with E-state index in [1.165, 1.54) is 25.3 Å². The normalized spacial score (nSPS) is 17.8. The van der Waals surface area contributed by atoms with E-state index in [9.17, 15) is 13.6 Å². The van der Waals surface area contributed by atoms with Crippen molar-refractivity contribution in [1.29, 1.82) is 0 Å². The summed E-state index contributed by atoms with van der Waals surface area (Å²) in [6.45, 7) is 1.41. The Morgan fingerprint density at radius 1 is 1.42 bits per heavy atom. The van der Waals surface area contributed by atoms with Crippen molar-refractivity contribution in [1.82, 2.24) is 10.6 Å². The molecule has 1 atom stereocenters. The highest BCUT2D eigenvalue weighted by Gasteiger charge is 2.27. The Morgan fingerprint density at radius 3 is 2.75 bits per heavy atom. The van der Waals surface area contributed by atoms with Crippen LogP contribution in [0.3, 0.4) is 0 Å². The molecule has 0 bridgehead atoms. The maximum atomic E-state index is 13.9. The number of rotatable bonds is 5. The summed E-state index contributed by atoms with van der Waals surface area (Å²) in [6.07, 6.45) is 0.958. The van der Waals surface area contributed by atoms with Crippen molar-refractivity contribution in [3.8, 4) is 0 Å². The zero-order valence-corrected chi connectivity index (χ0v) is 13.8. The van der Waals surface area contributed by atoms with Gasteiger partial charge in [-0.25, -0.2) is 8.78 Å². The zero-order chi connectivity index (χ0) is 17.5. The Balaban J connectivity index is 1.87. The average molecular weight is 340 g/mol. The van der Waals surface area contributed by atoms with Crippen LogP contribution in [0.15, 0.2) is 23.2 Å². The highest BCUT2D eigenvalue weighted by molar-refractivity contribution is 5.80. The van der Waals surface area contributed by atoms with Gasteiger partial charge in [-0.15, -0.1) is 0 Å². The SMILES string of the molecule is CN=C(NCCC(=O)OC)NC1CCN(c2c(F)cccc2F)C1. The standard InChI is InChI=1S/C16H22F2N4O2/c1-19-16(20-8-6-14(23)24-2)21-11-7-9-22(10-11)15-12(17)4-3-5-13(15)18/h3-5,11H,6-10H2,1-2H3,(H2,19,20,21). The van der Waals surface area contributed by atoms with Crippen LogP contribution in [0.1, 0.15) is 12.8 Å². The predicted octanol–water partition coefficient (Wildman–Crippen LogP) is 1.27. The summed E-state index contributed by atoms with van der Waals surface area (Å²) in [5, 5.41) is 6.21. The van der Waals surface area contributed by atoms with Crippen LogP contribution in [0.4, 0.5) is 14.5 Å². The first-order valence-corrected chi connectivity index (χ1v) is 7.78. The van der Waals surface area contributed by atoms with Crippen molar-refractivity contribution in [2.45, 2.75) is 18.9 Å². The van der Waals surface area contributed by atoms with Gasteiger partial charge in [-0.1, -0.05) is 6.07 Å². The highest BCUT2D eigenvalue weighted by atomic mass is 19.1. The molecule has 132 valence electrons. The van der Waals surface area contributed by atoms with Gasteiger partial charge in [0.25, 0.3) is 0 Å². The van der Waals surface area contributed by atoms with Gasteiger partial charge >= 0.3 is 5.97 Å². The maximum Gasteiger partial charge on any atom is 0.307 e. The molecular weight excluding hydrogens is 318 g/mol. The summed E-state index contributed by atoms with van der Waals surface area (Å²) >= 11 is 0. The third kappa shape index (κ3) is 4.56. The minimum absolute atomic E-state index is 0.00772. The first-order chi connectivity index (χ1) is 11.5. The Kier molecular flexibility index (Phi) is 6.34. The topological polar surface area (TPSA) is 66.0 Å². The van der Waals surface area contributed by atoms with Gasteiger partial charge in [0.15, 0.2) is 5.96 Å². The van der Waals surface area contributed by atoms with Gasteiger partial charge in [-0.3, -0.25) is 9.79 Å². The van der Waals surface area contributed by atoms with Gasteiger partial charge in [0.05, 0.1) is 13.5 Å². The molecule has 1 aliphatic heterocycles. The number of carbonyl (C=O) groups excluding carboxylic acids is 1. The van der Waals surface area contributed by atoms with Crippen LogP contribution in [0, 0.1) is 11.6 Å². The number of aliphatic imine (C=N–C) groups is 1. The number of anilines is 1. The lowest BCUT2D eigenvalue weighted by Crippen LogP contribution is -2.45. The van der Waals surface area contributed by atoms with E-state index in [-0.39, 0.29) is 24.1 Å². The molecule has 2 N–H and O–H groups in total. The molecule has 1 unspecified atom stereocenters. The molecule has 24 heavy (non-hydrogen) atoms. The first-order valence-electron chi connectivity index (χ1n) is 7.78. The zero-order valence-electron chi connectivity index (χ0n) is 13.8. The molecule has 1 saturated heterocycles. The summed E-state index contributed by atoms with van der Waals surface area (Å²) in [6, 6.07) is 3.87. The van der Waals surface area contributed by atoms with Crippen molar-refractivity contribution in [2.75, 3.05) is 38.7 Å². The molecular formula is C16H22F2N4O2. The van der Waals surface area contributed by atoms with Crippen LogP contribution < -0.4 is 15.5 Å². The van der Waals surface area contributed by atoms with E-state index < -0.39 is 11.6 Å². The number of nitrogens with one attached hydrogen (secondary N) is 2. The number of benzene rings is 1. The molecule has 0 saturated carbocycles. The number of halogens is 2. The van der Waals surface area contributed by atoms with Gasteiger partial charge in [-0.2, -0.15) is 0 Å². The Labute approximate surface area is 139 Å². The molecule has 6 nitrogen and oxygen atoms in total. The van der Waals surface area contributed by atoms with E-state index in [0.717, 1.165) is 6.42 Å². The van der Waals surface area contributed by atoms with Crippen LogP contribution in [-0.2, 0) is 9.53 Å². The fourth-order valence-electron chi connectivity index (χ4n) is 2.65. The van der Waals surface area contributed by atoms with Gasteiger partial charge in [-0.05, 0) is 18.6 Å². The number of esters is 1. The van der Waals surface area contributed by atoms with Crippen LogP contribution in [0.2, 0.25) is 0 Å². The van der Waals surface area contributed by atoms with Gasteiger partial charge in [0.2, 0.25) is 0 Å². The number of guanidine groups is 1. The average Bonchev–Trinajstić information content (AvgIpc) is 3.01. The van der Waals surface area contributed by atoms with Crippen LogP contribution >= 0.6 is 0 Å². The molecule has 0 aliphatic carbocycles. The van der Waals surface area contributed by atoms with Crippen LogP contribution in [0.25, 0.3) is 0 Å². The van der Waals surface area contributed by atoms with Crippen LogP contribution in [-0.4, -0.2) is 51.8 Å².